The van der Waals surface area contributed by atoms with Crippen molar-refractivity contribution in [3.8, 4) is 28.4 Å². The summed E-state index contributed by atoms with van der Waals surface area (Å²) < 4.78 is 14.2. The highest BCUT2D eigenvalue weighted by atomic mass is 16.5. The van der Waals surface area contributed by atoms with Crippen molar-refractivity contribution >= 4 is 22.9 Å². The molecular weight excluding hydrogens is 622 g/mol. The predicted octanol–water partition coefficient (Wildman–Crippen LogP) is 6.68. The highest BCUT2D eigenvalue weighted by molar-refractivity contribution is 5.97. The van der Waals surface area contributed by atoms with E-state index in [1.165, 1.54) is 4.90 Å². The van der Waals surface area contributed by atoms with Gasteiger partial charge >= 0.3 is 6.09 Å². The number of para-hydroxylation sites is 1. The maximum atomic E-state index is 13.6. The van der Waals surface area contributed by atoms with E-state index in [0.717, 1.165) is 71.0 Å². The average Bonchev–Trinajstić information content (AvgIpc) is 3.77. The van der Waals surface area contributed by atoms with Gasteiger partial charge in [-0.1, -0.05) is 24.3 Å². The molecule has 254 valence electrons. The number of carbonyl (C=O) groups is 2. The number of carboxylic acid groups (broad SMARTS) is 1. The molecule has 12 heteroatoms. The number of likely N-dealkylation sites (tertiary alicyclic amines) is 1. The molecule has 2 amide bonds. The van der Waals surface area contributed by atoms with Crippen molar-refractivity contribution in [2.45, 2.75) is 64.8 Å². The summed E-state index contributed by atoms with van der Waals surface area (Å²) in [6, 6.07) is 15.9. The number of nitrogens with one attached hydrogen (secondary N) is 1. The monoisotopic (exact) mass is 663 g/mol. The van der Waals surface area contributed by atoms with Crippen LogP contribution in [0.4, 0.5) is 4.79 Å². The molecule has 0 radical (unpaired) electrons. The number of H-pyrrole nitrogens is 1. The smallest absolute Gasteiger partial charge is 0.407 e. The predicted molar refractivity (Wildman–Crippen MR) is 184 cm³/mol. The third-order valence-corrected chi connectivity index (χ3v) is 9.58. The minimum absolute atomic E-state index is 0.0672. The number of pyridine rings is 1. The van der Waals surface area contributed by atoms with Gasteiger partial charge < -0.3 is 29.4 Å². The molecule has 0 spiro atoms. The summed E-state index contributed by atoms with van der Waals surface area (Å²) in [5, 5.41) is 15.5. The average molecular weight is 664 g/mol. The third kappa shape index (κ3) is 6.73. The molecule has 12 nitrogen and oxygen atoms in total. The third-order valence-electron chi connectivity index (χ3n) is 9.58. The number of aromatic amines is 1. The number of aromatic nitrogens is 5. The van der Waals surface area contributed by atoms with Crippen molar-refractivity contribution in [1.82, 2.24) is 34.5 Å². The number of rotatable bonds is 9. The van der Waals surface area contributed by atoms with E-state index in [0.29, 0.717) is 43.5 Å². The molecule has 0 saturated carbocycles. The number of ether oxygens (including phenoxy) is 2. The Morgan fingerprint density at radius 2 is 1.88 bits per heavy atom. The standard InChI is InChI=1S/C37H41N7O5/c1-3-42(37(46)47)23-26-20-38-21-30(24(26)2)25-12-13-32-29(19-25)34(41-44(32)33-11-7-8-18-48-33)35-39-22-31(40-35)36(45)43-16-14-28(15-17-43)49-27-9-5-4-6-10-27/h4-6,9-10,12-13,19-22,28,33H,3,7-8,11,14-18,23H2,1-2H3,(H,39,40)(H,46,47). The molecule has 49 heavy (non-hydrogen) atoms. The van der Waals surface area contributed by atoms with Gasteiger partial charge in [0, 0.05) is 62.4 Å². The molecule has 1 atom stereocenters. The molecule has 5 aromatic rings. The second-order valence-electron chi connectivity index (χ2n) is 12.7. The minimum atomic E-state index is -0.964. The van der Waals surface area contributed by atoms with Gasteiger partial charge in [0.05, 0.1) is 18.3 Å². The zero-order chi connectivity index (χ0) is 33.9. The zero-order valence-corrected chi connectivity index (χ0v) is 27.8. The summed E-state index contributed by atoms with van der Waals surface area (Å²) >= 11 is 0. The Kier molecular flexibility index (Phi) is 9.30. The van der Waals surface area contributed by atoms with E-state index in [4.69, 9.17) is 14.6 Å². The Morgan fingerprint density at radius 1 is 1.06 bits per heavy atom. The number of piperidine rings is 1. The molecule has 0 bridgehead atoms. The van der Waals surface area contributed by atoms with Crippen LogP contribution in [0.25, 0.3) is 33.5 Å². The summed E-state index contributed by atoms with van der Waals surface area (Å²) in [4.78, 5) is 40.9. The molecule has 2 fully saturated rings. The second-order valence-corrected chi connectivity index (χ2v) is 12.7. The molecule has 2 saturated heterocycles. The van der Waals surface area contributed by atoms with Crippen LogP contribution in [0.2, 0.25) is 0 Å². The molecule has 2 aliphatic rings. The van der Waals surface area contributed by atoms with Gasteiger partial charge in [0.2, 0.25) is 0 Å². The summed E-state index contributed by atoms with van der Waals surface area (Å²) in [7, 11) is 0. The topological polar surface area (TPSA) is 139 Å². The normalized spacial score (nSPS) is 16.9. The Hall–Kier alpha value is -5.23. The van der Waals surface area contributed by atoms with Crippen molar-refractivity contribution in [1.29, 1.82) is 0 Å². The Labute approximate surface area is 284 Å². The highest BCUT2D eigenvalue weighted by Gasteiger charge is 2.28. The number of hydrogen-bond acceptors (Lipinski definition) is 7. The molecule has 2 aliphatic heterocycles. The Morgan fingerprint density at radius 3 is 2.61 bits per heavy atom. The van der Waals surface area contributed by atoms with E-state index in [-0.39, 0.29) is 24.8 Å². The molecule has 0 aliphatic carbocycles. The van der Waals surface area contributed by atoms with Crippen LogP contribution < -0.4 is 4.74 Å². The Bertz CT molecular complexity index is 1940. The molecule has 2 N–H and O–H groups in total. The minimum Gasteiger partial charge on any atom is -0.490 e. The quantitative estimate of drug-likeness (QED) is 0.178. The van der Waals surface area contributed by atoms with Gasteiger partial charge in [0.15, 0.2) is 12.1 Å². The summed E-state index contributed by atoms with van der Waals surface area (Å²) in [6.07, 6.45) is 8.46. The fraction of sp³-hybridized carbons (Fsp3) is 0.378. The van der Waals surface area contributed by atoms with E-state index >= 15 is 0 Å². The number of nitrogens with zero attached hydrogens (tertiary/aromatic N) is 6. The fourth-order valence-electron chi connectivity index (χ4n) is 6.75. The van der Waals surface area contributed by atoms with Crippen molar-refractivity contribution in [2.24, 2.45) is 0 Å². The number of hydrogen-bond donors (Lipinski definition) is 2. The lowest BCUT2D eigenvalue weighted by molar-refractivity contribution is -0.0365. The van der Waals surface area contributed by atoms with Gasteiger partial charge in [0.1, 0.15) is 23.2 Å². The number of amides is 2. The number of benzene rings is 2. The van der Waals surface area contributed by atoms with Crippen LogP contribution in [-0.2, 0) is 11.3 Å². The van der Waals surface area contributed by atoms with E-state index in [2.05, 4.69) is 21.0 Å². The van der Waals surface area contributed by atoms with Crippen molar-refractivity contribution in [2.75, 3.05) is 26.2 Å². The maximum Gasteiger partial charge on any atom is 0.407 e. The lowest BCUT2D eigenvalue weighted by Crippen LogP contribution is -2.41. The zero-order valence-electron chi connectivity index (χ0n) is 27.8. The van der Waals surface area contributed by atoms with Crippen molar-refractivity contribution in [3.63, 3.8) is 0 Å². The SMILES string of the molecule is CCN(Cc1cncc(-c2ccc3c(c2)c(-c2ncc(C(=O)N4CCC(Oc5ccccc5)CC4)[nH]2)nn3C2CCCCO2)c1C)C(=O)O. The highest BCUT2D eigenvalue weighted by Crippen LogP contribution is 2.36. The van der Waals surface area contributed by atoms with Crippen LogP contribution in [0.15, 0.2) is 67.1 Å². The first-order valence-electron chi connectivity index (χ1n) is 17.0. The number of fused-ring (bicyclic) bond motifs is 1. The maximum absolute atomic E-state index is 13.6. The fourth-order valence-corrected chi connectivity index (χ4v) is 6.75. The first-order chi connectivity index (χ1) is 23.9. The van der Waals surface area contributed by atoms with Crippen molar-refractivity contribution < 1.29 is 24.2 Å². The summed E-state index contributed by atoms with van der Waals surface area (Å²) in [5.74, 6) is 1.25. The van der Waals surface area contributed by atoms with Crippen LogP contribution in [0.1, 0.15) is 66.9 Å². The largest absolute Gasteiger partial charge is 0.490 e. The summed E-state index contributed by atoms with van der Waals surface area (Å²) in [5.41, 5.74) is 5.58. The molecule has 1 unspecified atom stereocenters. The molecule has 7 rings (SSSR count). The molecule has 3 aromatic heterocycles. The number of carbonyl (C=O) groups excluding carboxylic acids is 1. The van der Waals surface area contributed by atoms with Crippen molar-refractivity contribution in [3.05, 3.63) is 83.9 Å². The first kappa shape index (κ1) is 32.3. The number of imidazole rings is 1. The summed E-state index contributed by atoms with van der Waals surface area (Å²) in [6.45, 7) is 6.32. The van der Waals surface area contributed by atoms with Gasteiger partial charge in [-0.05, 0) is 74.1 Å². The molecule has 5 heterocycles. The lowest BCUT2D eigenvalue weighted by Gasteiger charge is -2.31. The van der Waals surface area contributed by atoms with Crippen LogP contribution in [0, 0.1) is 6.92 Å². The van der Waals surface area contributed by atoms with E-state index < -0.39 is 6.09 Å². The van der Waals surface area contributed by atoms with Gasteiger partial charge in [-0.15, -0.1) is 0 Å². The lowest BCUT2D eigenvalue weighted by atomic mass is 9.97. The van der Waals surface area contributed by atoms with Gasteiger partial charge in [-0.3, -0.25) is 9.78 Å². The van der Waals surface area contributed by atoms with Crippen LogP contribution in [-0.4, -0.2) is 84.0 Å². The van der Waals surface area contributed by atoms with Gasteiger partial charge in [-0.2, -0.15) is 5.10 Å². The van der Waals surface area contributed by atoms with Crippen LogP contribution >= 0.6 is 0 Å². The second kappa shape index (κ2) is 14.1. The van der Waals surface area contributed by atoms with E-state index in [9.17, 15) is 14.7 Å². The van der Waals surface area contributed by atoms with E-state index in [1.807, 2.05) is 72.1 Å². The van der Waals surface area contributed by atoms with Gasteiger partial charge in [0.25, 0.3) is 5.91 Å². The van der Waals surface area contributed by atoms with Crippen LogP contribution in [0.5, 0.6) is 5.75 Å². The molecular formula is C37H41N7O5. The molecule has 2 aromatic carbocycles. The van der Waals surface area contributed by atoms with Crippen LogP contribution in [0.3, 0.4) is 0 Å². The first-order valence-corrected chi connectivity index (χ1v) is 17.0. The van der Waals surface area contributed by atoms with E-state index in [1.54, 1.807) is 12.4 Å². The van der Waals surface area contributed by atoms with Gasteiger partial charge in [-0.25, -0.2) is 14.5 Å². The Balaban J connectivity index is 1.17.